The standard InChI is InChI=1S/C57H36N4S/c1-4-16-38(17-5-1)47-35-48(39-18-6-2-7-19-39)52(61-50-25-13-10-22-43(50)44-23-11-14-26-51(44)61)36-49(47)57-59-55(40-20-8-3-9-21-40)58-56(60-57)41-30-28-37(29-31-41)42-32-33-46-45-24-12-15-27-53(45)62-54(46)34-42/h1-36H. The second-order valence-corrected chi connectivity index (χ2v) is 16.7. The van der Waals surface area contributed by atoms with Crippen molar-refractivity contribution in [3.05, 3.63) is 218 Å². The van der Waals surface area contributed by atoms with Crippen molar-refractivity contribution in [1.29, 1.82) is 0 Å². The Morgan fingerprint density at radius 2 is 0.758 bits per heavy atom. The molecule has 0 aliphatic heterocycles. The average molecular weight is 809 g/mol. The van der Waals surface area contributed by atoms with Gasteiger partial charge >= 0.3 is 0 Å². The van der Waals surface area contributed by atoms with Gasteiger partial charge in [-0.3, -0.25) is 0 Å². The summed E-state index contributed by atoms with van der Waals surface area (Å²) in [6.45, 7) is 0. The number of hydrogen-bond donors (Lipinski definition) is 0. The van der Waals surface area contributed by atoms with Crippen molar-refractivity contribution in [1.82, 2.24) is 19.5 Å². The molecule has 0 aliphatic rings. The highest BCUT2D eigenvalue weighted by molar-refractivity contribution is 7.25. The Morgan fingerprint density at radius 1 is 0.290 bits per heavy atom. The molecular weight excluding hydrogens is 773 g/mol. The van der Waals surface area contributed by atoms with Gasteiger partial charge in [0.15, 0.2) is 17.5 Å². The lowest BCUT2D eigenvalue weighted by Gasteiger charge is -2.20. The van der Waals surface area contributed by atoms with Gasteiger partial charge in [0.2, 0.25) is 0 Å². The van der Waals surface area contributed by atoms with Crippen molar-refractivity contribution >= 4 is 53.3 Å². The van der Waals surface area contributed by atoms with E-state index in [1.807, 2.05) is 29.5 Å². The fourth-order valence-electron chi connectivity index (χ4n) is 8.90. The van der Waals surface area contributed by atoms with Crippen molar-refractivity contribution in [3.8, 4) is 73.2 Å². The summed E-state index contributed by atoms with van der Waals surface area (Å²) in [6.07, 6.45) is 0. The maximum Gasteiger partial charge on any atom is 0.164 e. The van der Waals surface area contributed by atoms with E-state index in [0.29, 0.717) is 17.5 Å². The second kappa shape index (κ2) is 14.9. The van der Waals surface area contributed by atoms with E-state index in [2.05, 4.69) is 205 Å². The van der Waals surface area contributed by atoms with Crippen molar-refractivity contribution in [3.63, 3.8) is 0 Å². The Hall–Kier alpha value is -7.99. The zero-order valence-corrected chi connectivity index (χ0v) is 34.3. The largest absolute Gasteiger partial charge is 0.309 e. The van der Waals surface area contributed by atoms with Gasteiger partial charge in [0, 0.05) is 53.2 Å². The normalized spacial score (nSPS) is 11.5. The molecule has 62 heavy (non-hydrogen) atoms. The molecule has 290 valence electrons. The predicted octanol–water partition coefficient (Wildman–Crippen LogP) is 15.3. The van der Waals surface area contributed by atoms with Crippen LogP contribution in [-0.2, 0) is 0 Å². The Kier molecular flexibility index (Phi) is 8.65. The molecule has 0 bridgehead atoms. The Bertz CT molecular complexity index is 3560. The summed E-state index contributed by atoms with van der Waals surface area (Å²) in [5, 5.41) is 5.01. The molecule has 0 aliphatic carbocycles. The minimum atomic E-state index is 0.605. The summed E-state index contributed by atoms with van der Waals surface area (Å²) < 4.78 is 5.00. The Morgan fingerprint density at radius 3 is 1.40 bits per heavy atom. The molecule has 5 heteroatoms. The molecule has 0 radical (unpaired) electrons. The molecule has 0 saturated heterocycles. The number of fused-ring (bicyclic) bond motifs is 6. The zero-order chi connectivity index (χ0) is 41.0. The summed E-state index contributed by atoms with van der Waals surface area (Å²) in [5.74, 6) is 1.84. The van der Waals surface area contributed by atoms with Gasteiger partial charge in [-0.25, -0.2) is 15.0 Å². The summed E-state index contributed by atoms with van der Waals surface area (Å²) in [4.78, 5) is 15.9. The third-order valence-electron chi connectivity index (χ3n) is 11.9. The van der Waals surface area contributed by atoms with Crippen molar-refractivity contribution in [2.75, 3.05) is 0 Å². The first-order valence-corrected chi connectivity index (χ1v) is 21.7. The van der Waals surface area contributed by atoms with Crippen molar-refractivity contribution < 1.29 is 0 Å². The zero-order valence-electron chi connectivity index (χ0n) is 33.5. The summed E-state index contributed by atoms with van der Waals surface area (Å²) in [5.41, 5.74) is 12.8. The van der Waals surface area contributed by atoms with E-state index in [9.17, 15) is 0 Å². The van der Waals surface area contributed by atoms with E-state index in [1.54, 1.807) is 0 Å². The molecule has 0 saturated carbocycles. The number of hydrogen-bond acceptors (Lipinski definition) is 4. The lowest BCUT2D eigenvalue weighted by atomic mass is 9.92. The highest BCUT2D eigenvalue weighted by atomic mass is 32.1. The molecule has 0 spiro atoms. The van der Waals surface area contributed by atoms with Crippen LogP contribution >= 0.6 is 11.3 Å². The van der Waals surface area contributed by atoms with E-state index >= 15 is 0 Å². The van der Waals surface area contributed by atoms with Crippen LogP contribution in [0.4, 0.5) is 0 Å². The topological polar surface area (TPSA) is 43.6 Å². The average Bonchev–Trinajstić information content (AvgIpc) is 3.90. The van der Waals surface area contributed by atoms with E-state index < -0.39 is 0 Å². The van der Waals surface area contributed by atoms with Gasteiger partial charge in [-0.05, 0) is 64.2 Å². The summed E-state index contributed by atoms with van der Waals surface area (Å²) in [6, 6.07) is 77.5. The molecule has 3 aromatic heterocycles. The molecule has 0 amide bonds. The number of benzene rings is 9. The second-order valence-electron chi connectivity index (χ2n) is 15.6. The molecule has 0 N–H and O–H groups in total. The van der Waals surface area contributed by atoms with Crippen LogP contribution in [0.15, 0.2) is 218 Å². The minimum absolute atomic E-state index is 0.605. The van der Waals surface area contributed by atoms with Crippen LogP contribution in [0.3, 0.4) is 0 Å². The Labute approximate surface area is 362 Å². The minimum Gasteiger partial charge on any atom is -0.309 e. The number of rotatable bonds is 7. The molecule has 0 fully saturated rings. The van der Waals surface area contributed by atoms with E-state index in [4.69, 9.17) is 15.0 Å². The van der Waals surface area contributed by atoms with Gasteiger partial charge in [-0.15, -0.1) is 11.3 Å². The summed E-state index contributed by atoms with van der Waals surface area (Å²) in [7, 11) is 0. The molecule has 0 unspecified atom stereocenters. The molecule has 9 aromatic carbocycles. The first-order valence-electron chi connectivity index (χ1n) is 20.8. The quantitative estimate of drug-likeness (QED) is 0.161. The van der Waals surface area contributed by atoms with Gasteiger partial charge in [0.05, 0.1) is 16.7 Å². The number of nitrogens with zero attached hydrogens (tertiary/aromatic N) is 4. The first kappa shape index (κ1) is 35.9. The predicted molar refractivity (Wildman–Crippen MR) is 260 cm³/mol. The van der Waals surface area contributed by atoms with Crippen LogP contribution in [0, 0.1) is 0 Å². The molecule has 0 atom stereocenters. The van der Waals surface area contributed by atoms with Crippen molar-refractivity contribution in [2.45, 2.75) is 0 Å². The first-order chi connectivity index (χ1) is 30.7. The molecule has 3 heterocycles. The highest BCUT2D eigenvalue weighted by Gasteiger charge is 2.22. The molecule has 12 aromatic rings. The number of para-hydroxylation sites is 2. The van der Waals surface area contributed by atoms with Crippen LogP contribution in [0.25, 0.3) is 115 Å². The fourth-order valence-corrected chi connectivity index (χ4v) is 10.1. The van der Waals surface area contributed by atoms with Crippen LogP contribution < -0.4 is 0 Å². The molecular formula is C57H36N4S. The van der Waals surface area contributed by atoms with E-state index in [-0.39, 0.29) is 0 Å². The molecule has 4 nitrogen and oxygen atoms in total. The van der Waals surface area contributed by atoms with Gasteiger partial charge in [-0.2, -0.15) is 0 Å². The third kappa shape index (κ3) is 6.18. The maximum atomic E-state index is 5.37. The smallest absolute Gasteiger partial charge is 0.164 e. The van der Waals surface area contributed by atoms with Gasteiger partial charge in [0.1, 0.15) is 0 Å². The fraction of sp³-hybridized carbons (Fsp3) is 0. The SMILES string of the molecule is c1ccc(-c2nc(-c3ccc(-c4ccc5c(c4)sc4ccccc45)cc3)nc(-c3cc(-n4c5ccccc5c5ccccc54)c(-c4ccccc4)cc3-c3ccccc3)n2)cc1. The van der Waals surface area contributed by atoms with E-state index in [1.165, 1.54) is 36.5 Å². The van der Waals surface area contributed by atoms with Gasteiger partial charge in [-0.1, -0.05) is 182 Å². The maximum absolute atomic E-state index is 5.37. The lowest BCUT2D eigenvalue weighted by molar-refractivity contribution is 1.07. The van der Waals surface area contributed by atoms with Gasteiger partial charge < -0.3 is 4.57 Å². The van der Waals surface area contributed by atoms with Crippen LogP contribution in [0.2, 0.25) is 0 Å². The van der Waals surface area contributed by atoms with Gasteiger partial charge in [0.25, 0.3) is 0 Å². The van der Waals surface area contributed by atoms with Crippen LogP contribution in [0.5, 0.6) is 0 Å². The van der Waals surface area contributed by atoms with E-state index in [0.717, 1.165) is 61.2 Å². The lowest BCUT2D eigenvalue weighted by Crippen LogP contribution is -2.04. The summed E-state index contributed by atoms with van der Waals surface area (Å²) >= 11 is 1.84. The highest BCUT2D eigenvalue weighted by Crippen LogP contribution is 2.43. The monoisotopic (exact) mass is 808 g/mol. The number of aromatic nitrogens is 4. The molecule has 12 rings (SSSR count). The van der Waals surface area contributed by atoms with Crippen LogP contribution in [-0.4, -0.2) is 19.5 Å². The van der Waals surface area contributed by atoms with Crippen LogP contribution in [0.1, 0.15) is 0 Å². The Balaban J connectivity index is 1.08. The van der Waals surface area contributed by atoms with Crippen molar-refractivity contribution in [2.24, 2.45) is 0 Å². The number of thiophene rings is 1. The third-order valence-corrected chi connectivity index (χ3v) is 13.0.